The number of nitrogens with two attached hydrogens (primary N) is 1. The Balaban J connectivity index is 1.56. The third kappa shape index (κ3) is 5.62. The lowest BCUT2D eigenvalue weighted by molar-refractivity contribution is -0.118. The Labute approximate surface area is 174 Å². The van der Waals surface area contributed by atoms with E-state index in [1.165, 1.54) is 16.0 Å². The fourth-order valence-electron chi connectivity index (χ4n) is 2.66. The Morgan fingerprint density at radius 3 is 2.31 bits per heavy atom. The van der Waals surface area contributed by atoms with Gasteiger partial charge in [0.25, 0.3) is 11.8 Å². The number of primary amides is 1. The smallest absolute Gasteiger partial charge is 0.262 e. The molecule has 0 saturated heterocycles. The molecule has 0 bridgehead atoms. The standard InChI is InChI=1S/C23H22N2O3S/c1-15-7-10-19(13-16(15)2)29-18-11-8-17(9-12-18)25-22(26)14-28-21-6-4-3-5-20(21)23(24)27/h3-13H,14H2,1-2H3,(H2,24,27)(H,25,26). The molecule has 148 valence electrons. The molecule has 3 aromatic carbocycles. The van der Waals surface area contributed by atoms with Crippen LogP contribution in [0.4, 0.5) is 5.69 Å². The van der Waals surface area contributed by atoms with Crippen LogP contribution in [0, 0.1) is 13.8 Å². The number of anilines is 1. The molecule has 3 rings (SSSR count). The first-order valence-corrected chi connectivity index (χ1v) is 9.90. The summed E-state index contributed by atoms with van der Waals surface area (Å²) in [5.41, 5.74) is 8.76. The van der Waals surface area contributed by atoms with Crippen molar-refractivity contribution in [2.75, 3.05) is 11.9 Å². The van der Waals surface area contributed by atoms with Crippen LogP contribution in [0.5, 0.6) is 5.75 Å². The maximum absolute atomic E-state index is 12.2. The van der Waals surface area contributed by atoms with Gasteiger partial charge in [0.1, 0.15) is 5.75 Å². The molecule has 6 heteroatoms. The van der Waals surface area contributed by atoms with Crippen molar-refractivity contribution in [3.8, 4) is 5.75 Å². The number of hydrogen-bond donors (Lipinski definition) is 2. The van der Waals surface area contributed by atoms with Gasteiger partial charge in [0.2, 0.25) is 0 Å². The molecule has 0 fully saturated rings. The second-order valence-electron chi connectivity index (χ2n) is 6.57. The number of amides is 2. The number of para-hydroxylation sites is 1. The van der Waals surface area contributed by atoms with Gasteiger partial charge in [-0.05, 0) is 73.5 Å². The SMILES string of the molecule is Cc1ccc(Sc2ccc(NC(=O)COc3ccccc3C(N)=O)cc2)cc1C. The highest BCUT2D eigenvalue weighted by Gasteiger charge is 2.10. The molecule has 0 aliphatic heterocycles. The van der Waals surface area contributed by atoms with Crippen molar-refractivity contribution >= 4 is 29.3 Å². The fourth-order valence-corrected chi connectivity index (χ4v) is 3.57. The molecule has 0 heterocycles. The number of rotatable bonds is 7. The quantitative estimate of drug-likeness (QED) is 0.602. The van der Waals surface area contributed by atoms with Gasteiger partial charge in [-0.15, -0.1) is 0 Å². The second kappa shape index (κ2) is 9.30. The molecule has 2 amide bonds. The van der Waals surface area contributed by atoms with E-state index in [0.717, 1.165) is 4.90 Å². The molecule has 0 aliphatic carbocycles. The topological polar surface area (TPSA) is 81.4 Å². The number of nitrogens with one attached hydrogen (secondary N) is 1. The van der Waals surface area contributed by atoms with E-state index < -0.39 is 5.91 Å². The second-order valence-corrected chi connectivity index (χ2v) is 7.72. The molecule has 0 atom stereocenters. The number of ether oxygens (including phenoxy) is 1. The molecule has 29 heavy (non-hydrogen) atoms. The van der Waals surface area contributed by atoms with Crippen molar-refractivity contribution in [3.05, 3.63) is 83.4 Å². The largest absolute Gasteiger partial charge is 0.483 e. The third-order valence-electron chi connectivity index (χ3n) is 4.36. The van der Waals surface area contributed by atoms with Crippen molar-refractivity contribution in [3.63, 3.8) is 0 Å². The Morgan fingerprint density at radius 1 is 0.931 bits per heavy atom. The van der Waals surface area contributed by atoms with Crippen molar-refractivity contribution in [2.45, 2.75) is 23.6 Å². The van der Waals surface area contributed by atoms with E-state index in [1.807, 2.05) is 24.3 Å². The van der Waals surface area contributed by atoms with E-state index in [2.05, 4.69) is 37.4 Å². The summed E-state index contributed by atoms with van der Waals surface area (Å²) >= 11 is 1.67. The van der Waals surface area contributed by atoms with Crippen LogP contribution < -0.4 is 15.8 Å². The Hall–Kier alpha value is -3.25. The highest BCUT2D eigenvalue weighted by Crippen LogP contribution is 2.29. The molecular formula is C23H22N2O3S. The average Bonchev–Trinajstić information content (AvgIpc) is 2.71. The predicted molar refractivity (Wildman–Crippen MR) is 116 cm³/mol. The van der Waals surface area contributed by atoms with Crippen LogP contribution in [0.2, 0.25) is 0 Å². The number of hydrogen-bond acceptors (Lipinski definition) is 4. The van der Waals surface area contributed by atoms with E-state index in [4.69, 9.17) is 10.5 Å². The molecule has 0 saturated carbocycles. The molecule has 5 nitrogen and oxygen atoms in total. The van der Waals surface area contributed by atoms with Crippen molar-refractivity contribution in [1.82, 2.24) is 0 Å². The van der Waals surface area contributed by atoms with Gasteiger partial charge in [0.05, 0.1) is 5.56 Å². The molecule has 3 N–H and O–H groups in total. The molecule has 3 aromatic rings. The zero-order valence-electron chi connectivity index (χ0n) is 16.3. The van der Waals surface area contributed by atoms with E-state index >= 15 is 0 Å². The van der Waals surface area contributed by atoms with E-state index in [-0.39, 0.29) is 23.8 Å². The molecule has 0 aliphatic rings. The number of carbonyl (C=O) groups excluding carboxylic acids is 2. The number of aryl methyl sites for hydroxylation is 2. The lowest BCUT2D eigenvalue weighted by Crippen LogP contribution is -2.21. The summed E-state index contributed by atoms with van der Waals surface area (Å²) in [6.45, 7) is 3.98. The van der Waals surface area contributed by atoms with Gasteiger partial charge in [0, 0.05) is 15.5 Å². The van der Waals surface area contributed by atoms with Gasteiger partial charge in [-0.25, -0.2) is 0 Å². The Morgan fingerprint density at radius 2 is 1.62 bits per heavy atom. The van der Waals surface area contributed by atoms with Gasteiger partial charge in [-0.3, -0.25) is 9.59 Å². The van der Waals surface area contributed by atoms with Gasteiger partial charge in [-0.2, -0.15) is 0 Å². The van der Waals surface area contributed by atoms with E-state index in [0.29, 0.717) is 5.69 Å². The lowest BCUT2D eigenvalue weighted by atomic mass is 10.1. The highest BCUT2D eigenvalue weighted by molar-refractivity contribution is 7.99. The predicted octanol–water partition coefficient (Wildman–Crippen LogP) is 4.57. The summed E-state index contributed by atoms with van der Waals surface area (Å²) in [5.74, 6) is -0.632. The highest BCUT2D eigenvalue weighted by atomic mass is 32.2. The minimum absolute atomic E-state index is 0.219. The van der Waals surface area contributed by atoms with E-state index in [1.54, 1.807) is 36.0 Å². The summed E-state index contributed by atoms with van der Waals surface area (Å²) in [7, 11) is 0. The summed E-state index contributed by atoms with van der Waals surface area (Å²) in [6.07, 6.45) is 0. The maximum Gasteiger partial charge on any atom is 0.262 e. The van der Waals surface area contributed by atoms with Gasteiger partial charge in [-0.1, -0.05) is 30.0 Å². The van der Waals surface area contributed by atoms with Crippen molar-refractivity contribution in [1.29, 1.82) is 0 Å². The normalized spacial score (nSPS) is 10.4. The monoisotopic (exact) mass is 406 g/mol. The van der Waals surface area contributed by atoms with Crippen LogP contribution in [0.25, 0.3) is 0 Å². The van der Waals surface area contributed by atoms with Crippen LogP contribution in [0.15, 0.2) is 76.5 Å². The molecule has 0 unspecified atom stereocenters. The maximum atomic E-state index is 12.2. The van der Waals surface area contributed by atoms with Gasteiger partial charge < -0.3 is 15.8 Å². The van der Waals surface area contributed by atoms with Crippen LogP contribution in [-0.2, 0) is 4.79 Å². The van der Waals surface area contributed by atoms with Crippen LogP contribution in [0.1, 0.15) is 21.5 Å². The van der Waals surface area contributed by atoms with Crippen LogP contribution >= 0.6 is 11.8 Å². The summed E-state index contributed by atoms with van der Waals surface area (Å²) in [6, 6.07) is 20.5. The Bertz CT molecular complexity index is 1030. The minimum atomic E-state index is -0.599. The summed E-state index contributed by atoms with van der Waals surface area (Å²) in [5, 5.41) is 2.78. The Kier molecular flexibility index (Phi) is 6.57. The molecule has 0 aromatic heterocycles. The van der Waals surface area contributed by atoms with Gasteiger partial charge >= 0.3 is 0 Å². The van der Waals surface area contributed by atoms with E-state index in [9.17, 15) is 9.59 Å². The first-order valence-electron chi connectivity index (χ1n) is 9.09. The number of benzene rings is 3. The first kappa shape index (κ1) is 20.5. The summed E-state index contributed by atoms with van der Waals surface area (Å²) < 4.78 is 5.44. The van der Waals surface area contributed by atoms with Gasteiger partial charge in [0.15, 0.2) is 6.61 Å². The zero-order valence-corrected chi connectivity index (χ0v) is 17.1. The zero-order chi connectivity index (χ0) is 20.8. The number of carbonyl (C=O) groups is 2. The third-order valence-corrected chi connectivity index (χ3v) is 5.36. The van der Waals surface area contributed by atoms with Crippen molar-refractivity contribution in [2.24, 2.45) is 5.73 Å². The molecule has 0 radical (unpaired) electrons. The summed E-state index contributed by atoms with van der Waals surface area (Å²) in [4.78, 5) is 25.8. The average molecular weight is 407 g/mol. The molecular weight excluding hydrogens is 384 g/mol. The van der Waals surface area contributed by atoms with Crippen LogP contribution in [0.3, 0.4) is 0 Å². The minimum Gasteiger partial charge on any atom is -0.483 e. The lowest BCUT2D eigenvalue weighted by Gasteiger charge is -2.10. The van der Waals surface area contributed by atoms with Crippen LogP contribution in [-0.4, -0.2) is 18.4 Å². The fraction of sp³-hybridized carbons (Fsp3) is 0.130. The first-order chi connectivity index (χ1) is 13.9. The van der Waals surface area contributed by atoms with Crippen molar-refractivity contribution < 1.29 is 14.3 Å². The molecule has 0 spiro atoms.